The normalized spacial score (nSPS) is 23.3. The van der Waals surface area contributed by atoms with Gasteiger partial charge >= 0.3 is 5.97 Å². The summed E-state index contributed by atoms with van der Waals surface area (Å²) < 4.78 is 10.3. The highest BCUT2D eigenvalue weighted by molar-refractivity contribution is 5.72. The molecule has 1 N–H and O–H groups in total. The molecule has 0 aliphatic heterocycles. The average molecular weight is 265 g/mol. The van der Waals surface area contributed by atoms with E-state index in [1.807, 2.05) is 19.1 Å². The minimum Gasteiger partial charge on any atom is -0.469 e. The molecule has 1 aromatic rings. The molecule has 0 amide bonds. The van der Waals surface area contributed by atoms with Crippen LogP contribution in [0.1, 0.15) is 37.2 Å². The molecule has 1 aromatic heterocycles. The molecule has 1 fully saturated rings. The van der Waals surface area contributed by atoms with Crippen LogP contribution >= 0.6 is 0 Å². The number of carbonyl (C=O) groups excluding carboxylic acids is 1. The van der Waals surface area contributed by atoms with Crippen molar-refractivity contribution in [1.29, 1.82) is 0 Å². The number of ether oxygens (including phenoxy) is 1. The Morgan fingerprint density at radius 2 is 2.11 bits per heavy atom. The smallest absolute Gasteiger partial charge is 0.308 e. The molecule has 0 spiro atoms. The lowest BCUT2D eigenvalue weighted by Gasteiger charge is -2.27. The summed E-state index contributed by atoms with van der Waals surface area (Å²) in [6.07, 6.45) is 4.90. The number of aryl methyl sites for hydroxylation is 1. The van der Waals surface area contributed by atoms with Crippen molar-refractivity contribution < 1.29 is 13.9 Å². The maximum absolute atomic E-state index is 11.4. The monoisotopic (exact) mass is 265 g/mol. The van der Waals surface area contributed by atoms with Crippen molar-refractivity contribution in [2.24, 2.45) is 5.92 Å². The fourth-order valence-corrected chi connectivity index (χ4v) is 2.72. The molecule has 0 atom stereocenters. The quantitative estimate of drug-likeness (QED) is 0.831. The van der Waals surface area contributed by atoms with Crippen LogP contribution in [-0.4, -0.2) is 25.7 Å². The van der Waals surface area contributed by atoms with Crippen LogP contribution in [0.2, 0.25) is 0 Å². The lowest BCUT2D eigenvalue weighted by atomic mass is 9.86. The zero-order chi connectivity index (χ0) is 13.7. The summed E-state index contributed by atoms with van der Waals surface area (Å²) in [5.41, 5.74) is 0. The highest BCUT2D eigenvalue weighted by Gasteiger charge is 2.26. The highest BCUT2D eigenvalue weighted by atomic mass is 16.5. The van der Waals surface area contributed by atoms with Crippen molar-refractivity contribution in [3.8, 4) is 0 Å². The number of carbonyl (C=O) groups is 1. The van der Waals surface area contributed by atoms with E-state index in [9.17, 15) is 4.79 Å². The van der Waals surface area contributed by atoms with E-state index in [2.05, 4.69) is 5.32 Å². The van der Waals surface area contributed by atoms with Gasteiger partial charge in [0.1, 0.15) is 11.5 Å². The Bertz CT molecular complexity index is 405. The van der Waals surface area contributed by atoms with E-state index in [1.54, 1.807) is 0 Å². The van der Waals surface area contributed by atoms with Gasteiger partial charge in [-0.2, -0.15) is 0 Å². The maximum atomic E-state index is 11.4. The molecule has 0 aromatic carbocycles. The van der Waals surface area contributed by atoms with Gasteiger partial charge < -0.3 is 14.5 Å². The van der Waals surface area contributed by atoms with Crippen LogP contribution in [0.5, 0.6) is 0 Å². The second-order valence-corrected chi connectivity index (χ2v) is 5.29. The molecular formula is C15H23NO3. The first-order valence-electron chi connectivity index (χ1n) is 7.05. The lowest BCUT2D eigenvalue weighted by Crippen LogP contribution is -2.36. The van der Waals surface area contributed by atoms with Crippen LogP contribution in [0.15, 0.2) is 16.5 Å². The lowest BCUT2D eigenvalue weighted by molar-refractivity contribution is -0.146. The fraction of sp³-hybridized carbons (Fsp3) is 0.667. The van der Waals surface area contributed by atoms with Crippen LogP contribution in [0.4, 0.5) is 0 Å². The van der Waals surface area contributed by atoms with Gasteiger partial charge in [-0.05, 0) is 44.7 Å². The number of hydrogen-bond acceptors (Lipinski definition) is 4. The molecule has 1 aliphatic rings. The largest absolute Gasteiger partial charge is 0.469 e. The summed E-state index contributed by atoms with van der Waals surface area (Å²) in [5.74, 6) is 2.06. The highest BCUT2D eigenvalue weighted by Crippen LogP contribution is 2.25. The third-order valence-corrected chi connectivity index (χ3v) is 3.86. The van der Waals surface area contributed by atoms with Gasteiger partial charge in [0.15, 0.2) is 0 Å². The van der Waals surface area contributed by atoms with Crippen LogP contribution in [0.3, 0.4) is 0 Å². The van der Waals surface area contributed by atoms with E-state index in [0.29, 0.717) is 6.04 Å². The molecule has 0 unspecified atom stereocenters. The Hall–Kier alpha value is -1.29. The standard InChI is InChI=1S/C15H23NO3/c1-11-3-8-14(19-11)9-10-16-13-6-4-12(5-7-13)15(17)18-2/h3,8,12-13,16H,4-7,9-10H2,1-2H3. The molecule has 1 heterocycles. The fourth-order valence-electron chi connectivity index (χ4n) is 2.72. The summed E-state index contributed by atoms with van der Waals surface area (Å²) in [7, 11) is 1.47. The van der Waals surface area contributed by atoms with Gasteiger partial charge in [-0.25, -0.2) is 0 Å². The minimum atomic E-state index is -0.0514. The van der Waals surface area contributed by atoms with Crippen molar-refractivity contribution in [3.05, 3.63) is 23.7 Å². The molecule has 0 saturated heterocycles. The number of furan rings is 1. The first-order chi connectivity index (χ1) is 9.19. The van der Waals surface area contributed by atoms with Crippen molar-refractivity contribution >= 4 is 5.97 Å². The Kier molecular flexibility index (Phi) is 5.02. The predicted octanol–water partition coefficient (Wildman–Crippen LogP) is 2.45. The van der Waals surface area contributed by atoms with Crippen molar-refractivity contribution in [3.63, 3.8) is 0 Å². The molecule has 19 heavy (non-hydrogen) atoms. The zero-order valence-corrected chi connectivity index (χ0v) is 11.8. The minimum absolute atomic E-state index is 0.0514. The average Bonchev–Trinajstić information content (AvgIpc) is 2.84. The molecule has 4 heteroatoms. The molecule has 1 saturated carbocycles. The van der Waals surface area contributed by atoms with Crippen LogP contribution in [-0.2, 0) is 16.0 Å². The van der Waals surface area contributed by atoms with Gasteiger partial charge in [-0.3, -0.25) is 4.79 Å². The van der Waals surface area contributed by atoms with E-state index < -0.39 is 0 Å². The van der Waals surface area contributed by atoms with E-state index >= 15 is 0 Å². The van der Waals surface area contributed by atoms with Gasteiger partial charge in [0.25, 0.3) is 0 Å². The SMILES string of the molecule is COC(=O)C1CCC(NCCc2ccc(C)o2)CC1. The molecule has 4 nitrogen and oxygen atoms in total. The second-order valence-electron chi connectivity index (χ2n) is 5.29. The number of esters is 1. The van der Waals surface area contributed by atoms with Crippen molar-refractivity contribution in [2.75, 3.05) is 13.7 Å². The van der Waals surface area contributed by atoms with Gasteiger partial charge in [-0.1, -0.05) is 0 Å². The van der Waals surface area contributed by atoms with Gasteiger partial charge in [0.2, 0.25) is 0 Å². The summed E-state index contributed by atoms with van der Waals surface area (Å²) in [6, 6.07) is 4.55. The van der Waals surface area contributed by atoms with E-state index in [0.717, 1.165) is 50.2 Å². The summed E-state index contributed by atoms with van der Waals surface area (Å²) >= 11 is 0. The number of methoxy groups -OCH3 is 1. The first-order valence-corrected chi connectivity index (χ1v) is 7.05. The topological polar surface area (TPSA) is 51.5 Å². The second kappa shape index (κ2) is 6.75. The van der Waals surface area contributed by atoms with Crippen LogP contribution in [0.25, 0.3) is 0 Å². The Labute approximate surface area is 114 Å². The van der Waals surface area contributed by atoms with E-state index in [-0.39, 0.29) is 11.9 Å². The molecule has 106 valence electrons. The first kappa shape index (κ1) is 14.1. The molecule has 1 aliphatic carbocycles. The Morgan fingerprint density at radius 1 is 1.37 bits per heavy atom. The van der Waals surface area contributed by atoms with Crippen molar-refractivity contribution in [1.82, 2.24) is 5.32 Å². The molecule has 0 bridgehead atoms. The zero-order valence-electron chi connectivity index (χ0n) is 11.8. The summed E-state index contributed by atoms with van der Waals surface area (Å²) in [4.78, 5) is 11.4. The van der Waals surface area contributed by atoms with E-state index in [1.165, 1.54) is 7.11 Å². The number of hydrogen-bond donors (Lipinski definition) is 1. The molecule has 0 radical (unpaired) electrons. The number of nitrogens with one attached hydrogen (secondary N) is 1. The number of rotatable bonds is 5. The van der Waals surface area contributed by atoms with Crippen LogP contribution in [0, 0.1) is 12.8 Å². The Balaban J connectivity index is 1.64. The maximum Gasteiger partial charge on any atom is 0.308 e. The van der Waals surface area contributed by atoms with Crippen molar-refractivity contribution in [2.45, 2.75) is 45.1 Å². The third-order valence-electron chi connectivity index (χ3n) is 3.86. The Morgan fingerprint density at radius 3 is 2.68 bits per heavy atom. The van der Waals surface area contributed by atoms with Gasteiger partial charge in [0.05, 0.1) is 13.0 Å². The third kappa shape index (κ3) is 4.10. The van der Waals surface area contributed by atoms with E-state index in [4.69, 9.17) is 9.15 Å². The predicted molar refractivity (Wildman–Crippen MR) is 72.9 cm³/mol. The van der Waals surface area contributed by atoms with Gasteiger partial charge in [-0.15, -0.1) is 0 Å². The van der Waals surface area contributed by atoms with Gasteiger partial charge in [0, 0.05) is 19.0 Å². The molecular weight excluding hydrogens is 242 g/mol. The summed E-state index contributed by atoms with van der Waals surface area (Å²) in [5, 5.41) is 3.54. The van der Waals surface area contributed by atoms with Crippen LogP contribution < -0.4 is 5.32 Å². The summed E-state index contributed by atoms with van der Waals surface area (Å²) in [6.45, 7) is 2.89. The molecule has 2 rings (SSSR count).